The molecule has 42 heavy (non-hydrogen) atoms. The van der Waals surface area contributed by atoms with Gasteiger partial charge in [0, 0.05) is 11.5 Å². The molecule has 3 N–H and O–H groups in total. The van der Waals surface area contributed by atoms with Gasteiger partial charge in [0.15, 0.2) is 11.5 Å². The normalized spacial score (nSPS) is 30.2. The monoisotopic (exact) mass is 595 g/mol. The van der Waals surface area contributed by atoms with E-state index in [2.05, 4.69) is 0 Å². The van der Waals surface area contributed by atoms with Gasteiger partial charge in [-0.05, 0) is 56.9 Å². The number of aromatic hydroxyl groups is 1. The largest absolute Gasteiger partial charge is 0.504 e. The Balaban J connectivity index is 1.55. The fourth-order valence-corrected chi connectivity index (χ4v) is 7.67. The molecule has 0 bridgehead atoms. The Morgan fingerprint density at radius 1 is 1.14 bits per heavy atom. The number of carbonyl (C=O) groups is 5. The lowest BCUT2D eigenvalue weighted by Gasteiger charge is -2.49. The molecule has 2 aliphatic carbocycles. The highest BCUT2D eigenvalue weighted by molar-refractivity contribution is 6.31. The average molecular weight is 596 g/mol. The molecular formula is C30H27ClFN3O7. The van der Waals surface area contributed by atoms with Crippen LogP contribution in [0.25, 0.3) is 0 Å². The summed E-state index contributed by atoms with van der Waals surface area (Å²) in [6.07, 6.45) is 1.90. The van der Waals surface area contributed by atoms with Crippen molar-refractivity contribution in [2.75, 3.05) is 11.5 Å². The molecule has 3 fully saturated rings. The Labute approximate surface area is 244 Å². The molecule has 6 rings (SSSR count). The van der Waals surface area contributed by atoms with E-state index in [-0.39, 0.29) is 41.7 Å². The summed E-state index contributed by atoms with van der Waals surface area (Å²) >= 11 is 6.00. The van der Waals surface area contributed by atoms with Gasteiger partial charge < -0.3 is 15.6 Å². The molecule has 2 saturated heterocycles. The number of carbonyl (C=O) groups excluding carboxylic acids is 5. The van der Waals surface area contributed by atoms with Crippen molar-refractivity contribution in [2.24, 2.45) is 34.8 Å². The SMILES string of the molecule is CCOc1cccc(C2C3=CCC4C(=O)N(C(N)=O)C(=O)C4C3CC3C(=O)N(c4ccc(F)c(Cl)c4)C(=O)C32C)c1O. The van der Waals surface area contributed by atoms with Crippen molar-refractivity contribution >= 4 is 46.9 Å². The van der Waals surface area contributed by atoms with Crippen molar-refractivity contribution in [3.05, 3.63) is 64.5 Å². The summed E-state index contributed by atoms with van der Waals surface area (Å²) in [6, 6.07) is 7.23. The van der Waals surface area contributed by atoms with Gasteiger partial charge >= 0.3 is 6.03 Å². The van der Waals surface area contributed by atoms with Crippen LogP contribution in [0.1, 0.15) is 38.2 Å². The van der Waals surface area contributed by atoms with E-state index in [0.29, 0.717) is 16.0 Å². The minimum atomic E-state index is -1.45. The Morgan fingerprint density at radius 3 is 2.55 bits per heavy atom. The van der Waals surface area contributed by atoms with Gasteiger partial charge in [-0.3, -0.25) is 19.2 Å². The number of fused-ring (bicyclic) bond motifs is 4. The quantitative estimate of drug-likeness (QED) is 0.402. The summed E-state index contributed by atoms with van der Waals surface area (Å²) in [5.74, 6) is -7.83. The minimum absolute atomic E-state index is 0.0214. The van der Waals surface area contributed by atoms with Crippen LogP contribution in [0.15, 0.2) is 48.0 Å². The van der Waals surface area contributed by atoms with E-state index in [1.807, 2.05) is 0 Å². The lowest BCUT2D eigenvalue weighted by molar-refractivity contribution is -0.136. The zero-order chi connectivity index (χ0) is 30.2. The number of nitrogens with two attached hydrogens (primary N) is 1. The number of nitrogens with zero attached hydrogens (tertiary/aromatic N) is 2. The first-order chi connectivity index (χ1) is 19.9. The van der Waals surface area contributed by atoms with Crippen LogP contribution >= 0.6 is 11.6 Å². The lowest BCUT2D eigenvalue weighted by Crippen LogP contribution is -2.49. The van der Waals surface area contributed by atoms with E-state index in [9.17, 15) is 33.5 Å². The first kappa shape index (κ1) is 27.9. The summed E-state index contributed by atoms with van der Waals surface area (Å²) in [5, 5.41) is 11.1. The molecule has 2 aromatic rings. The topological polar surface area (TPSA) is 147 Å². The van der Waals surface area contributed by atoms with Crippen LogP contribution in [-0.4, -0.2) is 46.3 Å². The second-order valence-electron chi connectivity index (χ2n) is 11.2. The molecule has 218 valence electrons. The van der Waals surface area contributed by atoms with Crippen molar-refractivity contribution in [1.29, 1.82) is 0 Å². The highest BCUT2D eigenvalue weighted by Crippen LogP contribution is 2.64. The average Bonchev–Trinajstić information content (AvgIpc) is 3.31. The van der Waals surface area contributed by atoms with E-state index < -0.39 is 70.5 Å². The molecule has 2 aromatic carbocycles. The van der Waals surface area contributed by atoms with Gasteiger partial charge in [-0.25, -0.2) is 14.1 Å². The zero-order valence-electron chi connectivity index (χ0n) is 22.7. The van der Waals surface area contributed by atoms with Crippen molar-refractivity contribution in [2.45, 2.75) is 32.6 Å². The number of imide groups is 4. The molecule has 12 heteroatoms. The van der Waals surface area contributed by atoms with Crippen LogP contribution in [0, 0.1) is 34.9 Å². The Bertz CT molecular complexity index is 1630. The summed E-state index contributed by atoms with van der Waals surface area (Å²) < 4.78 is 19.6. The summed E-state index contributed by atoms with van der Waals surface area (Å²) in [6.45, 7) is 3.65. The number of anilines is 1. The second kappa shape index (κ2) is 9.65. The number of primary amides is 1. The van der Waals surface area contributed by atoms with E-state index in [1.165, 1.54) is 12.1 Å². The number of rotatable bonds is 4. The van der Waals surface area contributed by atoms with Crippen LogP contribution in [0.2, 0.25) is 5.02 Å². The summed E-state index contributed by atoms with van der Waals surface area (Å²) in [7, 11) is 0. The fraction of sp³-hybridized carbons (Fsp3) is 0.367. The van der Waals surface area contributed by atoms with Gasteiger partial charge in [0.25, 0.3) is 0 Å². The number of ether oxygens (including phenoxy) is 1. The van der Waals surface area contributed by atoms with Crippen molar-refractivity contribution in [3.63, 3.8) is 0 Å². The molecule has 2 heterocycles. The van der Waals surface area contributed by atoms with Gasteiger partial charge in [-0.2, -0.15) is 4.90 Å². The maximum Gasteiger partial charge on any atom is 0.328 e. The molecule has 2 aliphatic heterocycles. The number of likely N-dealkylation sites (tertiary alicyclic amines) is 1. The molecule has 10 nitrogen and oxygen atoms in total. The Kier molecular flexibility index (Phi) is 6.41. The predicted octanol–water partition coefficient (Wildman–Crippen LogP) is 3.89. The first-order valence-corrected chi connectivity index (χ1v) is 14.0. The van der Waals surface area contributed by atoms with Gasteiger partial charge in [-0.15, -0.1) is 0 Å². The van der Waals surface area contributed by atoms with Crippen LogP contribution in [0.3, 0.4) is 0 Å². The number of phenols is 1. The van der Waals surface area contributed by atoms with Crippen LogP contribution < -0.4 is 15.4 Å². The van der Waals surface area contributed by atoms with Crippen LogP contribution in [-0.2, 0) is 19.2 Å². The zero-order valence-corrected chi connectivity index (χ0v) is 23.4. The standard InChI is InChI=1S/C30H27ClFN3O7/c1-3-42-21-6-4-5-16(24(21)36)23-14-8-9-15-22(27(39)35(25(15)37)29(33)41)17(14)12-18-26(38)34(28(40)30(18,23)2)13-7-10-20(32)19(31)11-13/h4-8,10-11,15,17-18,22-23,36H,3,9,12H2,1-2H3,(H2,33,41). The van der Waals surface area contributed by atoms with Gasteiger partial charge in [0.05, 0.1) is 40.5 Å². The van der Waals surface area contributed by atoms with E-state index >= 15 is 0 Å². The maximum absolute atomic E-state index is 14.4. The Hall–Kier alpha value is -4.25. The number of halogens is 2. The van der Waals surface area contributed by atoms with Crippen molar-refractivity contribution in [3.8, 4) is 11.5 Å². The second-order valence-corrected chi connectivity index (χ2v) is 11.6. The molecule has 0 radical (unpaired) electrons. The maximum atomic E-state index is 14.4. The van der Waals surface area contributed by atoms with E-state index in [0.717, 1.165) is 11.0 Å². The molecular weight excluding hydrogens is 569 g/mol. The summed E-state index contributed by atoms with van der Waals surface area (Å²) in [4.78, 5) is 68.4. The van der Waals surface area contributed by atoms with Gasteiger partial charge in [-0.1, -0.05) is 35.4 Å². The number of hydrogen-bond acceptors (Lipinski definition) is 7. The summed E-state index contributed by atoms with van der Waals surface area (Å²) in [5.41, 5.74) is 4.92. The first-order valence-electron chi connectivity index (χ1n) is 13.6. The van der Waals surface area contributed by atoms with E-state index in [4.69, 9.17) is 22.1 Å². The highest BCUT2D eigenvalue weighted by Gasteiger charge is 2.68. The molecule has 0 aromatic heterocycles. The molecule has 6 unspecified atom stereocenters. The van der Waals surface area contributed by atoms with E-state index in [1.54, 1.807) is 38.1 Å². The number of phenolic OH excluding ortho intramolecular Hbond substituents is 1. The van der Waals surface area contributed by atoms with Gasteiger partial charge in [0.2, 0.25) is 23.6 Å². The number of allylic oxidation sites excluding steroid dienone is 2. The third kappa shape index (κ3) is 3.65. The molecule has 6 amide bonds. The predicted molar refractivity (Wildman–Crippen MR) is 147 cm³/mol. The van der Waals surface area contributed by atoms with Crippen molar-refractivity contribution in [1.82, 2.24) is 4.90 Å². The molecule has 0 spiro atoms. The molecule has 4 aliphatic rings. The number of benzene rings is 2. The smallest absolute Gasteiger partial charge is 0.328 e. The fourth-order valence-electron chi connectivity index (χ4n) is 7.49. The number of amides is 6. The third-order valence-corrected chi connectivity index (χ3v) is 9.59. The third-order valence-electron chi connectivity index (χ3n) is 9.30. The van der Waals surface area contributed by atoms with Crippen molar-refractivity contribution < 1.29 is 38.2 Å². The van der Waals surface area contributed by atoms with Crippen LogP contribution in [0.5, 0.6) is 11.5 Å². The van der Waals surface area contributed by atoms with Crippen LogP contribution in [0.4, 0.5) is 14.9 Å². The molecule has 1 saturated carbocycles. The lowest BCUT2D eigenvalue weighted by atomic mass is 9.51. The van der Waals surface area contributed by atoms with Gasteiger partial charge in [0.1, 0.15) is 5.82 Å². The minimum Gasteiger partial charge on any atom is -0.504 e. The number of para-hydroxylation sites is 1. The highest BCUT2D eigenvalue weighted by atomic mass is 35.5. The Morgan fingerprint density at radius 2 is 1.88 bits per heavy atom. The number of hydrogen-bond donors (Lipinski definition) is 2. The molecule has 6 atom stereocenters. The number of urea groups is 1.